The topological polar surface area (TPSA) is 79.7 Å². The Kier molecular flexibility index (Phi) is 4.38. The van der Waals surface area contributed by atoms with Crippen LogP contribution in [0.15, 0.2) is 41.3 Å². The summed E-state index contributed by atoms with van der Waals surface area (Å²) >= 11 is 6.12. The smallest absolute Gasteiger partial charge is 0.274 e. The van der Waals surface area contributed by atoms with Gasteiger partial charge in [0.25, 0.3) is 11.5 Å². The maximum absolute atomic E-state index is 13.4. The molecule has 1 N–H and O–H groups in total. The van der Waals surface area contributed by atoms with Crippen LogP contribution in [0, 0.1) is 6.92 Å². The van der Waals surface area contributed by atoms with Crippen LogP contribution in [0.4, 0.5) is 0 Å². The van der Waals surface area contributed by atoms with Gasteiger partial charge in [0.05, 0.1) is 23.8 Å². The fraction of sp³-hybridized carbons (Fsp3) is 0.292. The van der Waals surface area contributed by atoms with Crippen molar-refractivity contribution in [3.63, 3.8) is 0 Å². The second-order valence-electron chi connectivity index (χ2n) is 8.61. The Morgan fingerprint density at radius 1 is 1.19 bits per heavy atom. The SMILES string of the molecule is Cc1cc2c(cc1C(=O)N1Cc3ccc(Cl)cc3C1)[nH]c(=O)c1cnc(C3CCOC3)n12. The first-order chi connectivity index (χ1) is 15.5. The van der Waals surface area contributed by atoms with Crippen molar-refractivity contribution >= 4 is 34.1 Å². The number of carbonyl (C=O) groups is 1. The van der Waals surface area contributed by atoms with Crippen LogP contribution < -0.4 is 5.56 Å². The molecule has 7 nitrogen and oxygen atoms in total. The van der Waals surface area contributed by atoms with E-state index in [0.717, 1.165) is 34.5 Å². The fourth-order valence-electron chi connectivity index (χ4n) is 4.88. The first-order valence-corrected chi connectivity index (χ1v) is 11.1. The van der Waals surface area contributed by atoms with Crippen molar-refractivity contribution in [1.29, 1.82) is 0 Å². The highest BCUT2D eigenvalue weighted by Gasteiger charge is 2.27. The van der Waals surface area contributed by atoms with E-state index in [0.29, 0.717) is 47.9 Å². The molecule has 2 aromatic carbocycles. The predicted octanol–water partition coefficient (Wildman–Crippen LogP) is 3.80. The third-order valence-electron chi connectivity index (χ3n) is 6.56. The van der Waals surface area contributed by atoms with Gasteiger partial charge in [0, 0.05) is 36.2 Å². The Morgan fingerprint density at radius 2 is 2.03 bits per heavy atom. The highest BCUT2D eigenvalue weighted by atomic mass is 35.5. The van der Waals surface area contributed by atoms with Gasteiger partial charge < -0.3 is 14.6 Å². The van der Waals surface area contributed by atoms with Crippen LogP contribution in [-0.2, 0) is 17.8 Å². The lowest BCUT2D eigenvalue weighted by atomic mass is 10.0. The minimum Gasteiger partial charge on any atom is -0.381 e. The van der Waals surface area contributed by atoms with Crippen LogP contribution in [0.2, 0.25) is 5.02 Å². The molecule has 1 fully saturated rings. The van der Waals surface area contributed by atoms with Crippen molar-refractivity contribution < 1.29 is 9.53 Å². The normalized spacial score (nSPS) is 18.1. The van der Waals surface area contributed by atoms with Crippen LogP contribution in [0.25, 0.3) is 16.6 Å². The number of H-pyrrole nitrogens is 1. The number of benzene rings is 2. The summed E-state index contributed by atoms with van der Waals surface area (Å²) in [7, 11) is 0. The average molecular weight is 449 g/mol. The lowest BCUT2D eigenvalue weighted by Crippen LogP contribution is -2.26. The first-order valence-electron chi connectivity index (χ1n) is 10.7. The Labute approximate surface area is 188 Å². The van der Waals surface area contributed by atoms with E-state index >= 15 is 0 Å². The summed E-state index contributed by atoms with van der Waals surface area (Å²) in [5.74, 6) is 0.922. The maximum atomic E-state index is 13.4. The predicted molar refractivity (Wildman–Crippen MR) is 121 cm³/mol. The molecule has 4 heterocycles. The van der Waals surface area contributed by atoms with Crippen LogP contribution in [0.1, 0.15) is 45.2 Å². The number of rotatable bonds is 2. The second-order valence-corrected chi connectivity index (χ2v) is 9.05. The summed E-state index contributed by atoms with van der Waals surface area (Å²) in [4.78, 5) is 35.5. The Morgan fingerprint density at radius 3 is 2.84 bits per heavy atom. The van der Waals surface area contributed by atoms with Gasteiger partial charge in [-0.3, -0.25) is 14.0 Å². The van der Waals surface area contributed by atoms with E-state index in [2.05, 4.69) is 9.97 Å². The summed E-state index contributed by atoms with van der Waals surface area (Å²) in [5, 5.41) is 0.672. The minimum absolute atomic E-state index is 0.0623. The second kappa shape index (κ2) is 7.18. The molecule has 32 heavy (non-hydrogen) atoms. The molecule has 1 amide bonds. The summed E-state index contributed by atoms with van der Waals surface area (Å²) in [6.45, 7) is 4.30. The number of ether oxygens (including phenoxy) is 1. The zero-order chi connectivity index (χ0) is 22.0. The van der Waals surface area contributed by atoms with Crippen LogP contribution in [0.3, 0.4) is 0 Å². The third-order valence-corrected chi connectivity index (χ3v) is 6.79. The van der Waals surface area contributed by atoms with Crippen molar-refractivity contribution in [3.8, 4) is 0 Å². The number of amides is 1. The molecule has 2 aliphatic heterocycles. The van der Waals surface area contributed by atoms with E-state index < -0.39 is 0 Å². The molecule has 4 aromatic rings. The van der Waals surface area contributed by atoms with Gasteiger partial charge in [0.2, 0.25) is 0 Å². The number of carbonyl (C=O) groups excluding carboxylic acids is 1. The van der Waals surface area contributed by atoms with E-state index in [1.54, 1.807) is 12.3 Å². The van der Waals surface area contributed by atoms with E-state index in [-0.39, 0.29) is 17.4 Å². The van der Waals surface area contributed by atoms with Crippen molar-refractivity contribution in [2.24, 2.45) is 0 Å². The first kappa shape index (κ1) is 19.5. The van der Waals surface area contributed by atoms with Crippen molar-refractivity contribution in [1.82, 2.24) is 19.3 Å². The van der Waals surface area contributed by atoms with Crippen LogP contribution in [-0.4, -0.2) is 38.4 Å². The highest BCUT2D eigenvalue weighted by Crippen LogP contribution is 2.30. The Bertz CT molecular complexity index is 1470. The number of hydrogen-bond donors (Lipinski definition) is 1. The van der Waals surface area contributed by atoms with Crippen LogP contribution >= 0.6 is 11.6 Å². The molecule has 8 heteroatoms. The van der Waals surface area contributed by atoms with E-state index in [1.807, 2.05) is 40.5 Å². The standard InChI is InChI=1S/C24H21ClN4O3/c1-13-6-20-19(27-23(30)21-9-26-22(29(20)21)15-4-5-32-12-15)8-18(13)24(31)28-10-14-2-3-17(25)7-16(14)11-28/h2-3,6-9,15H,4-5,10-12H2,1H3,(H,27,30). The van der Waals surface area contributed by atoms with Gasteiger partial charge in [-0.05, 0) is 54.3 Å². The van der Waals surface area contributed by atoms with Gasteiger partial charge in [-0.15, -0.1) is 0 Å². The molecule has 162 valence electrons. The molecule has 1 saturated heterocycles. The van der Waals surface area contributed by atoms with Gasteiger partial charge in [0.1, 0.15) is 11.3 Å². The van der Waals surface area contributed by atoms with Crippen molar-refractivity contribution in [3.05, 3.63) is 80.0 Å². The van der Waals surface area contributed by atoms with Gasteiger partial charge in [-0.25, -0.2) is 4.98 Å². The van der Waals surface area contributed by atoms with E-state index in [4.69, 9.17) is 16.3 Å². The number of fused-ring (bicyclic) bond motifs is 4. The van der Waals surface area contributed by atoms with Crippen LogP contribution in [0.5, 0.6) is 0 Å². The molecular formula is C24H21ClN4O3. The van der Waals surface area contributed by atoms with Crippen molar-refractivity contribution in [2.45, 2.75) is 32.4 Å². The van der Waals surface area contributed by atoms with Gasteiger partial charge in [0.15, 0.2) is 0 Å². The fourth-order valence-corrected chi connectivity index (χ4v) is 5.07. The zero-order valence-electron chi connectivity index (χ0n) is 17.5. The van der Waals surface area contributed by atoms with E-state index in [1.165, 1.54) is 0 Å². The Hall–Kier alpha value is -3.16. The molecular weight excluding hydrogens is 428 g/mol. The zero-order valence-corrected chi connectivity index (χ0v) is 18.3. The molecule has 1 unspecified atom stereocenters. The van der Waals surface area contributed by atoms with Gasteiger partial charge in [-0.1, -0.05) is 17.7 Å². The number of aromatic nitrogens is 3. The quantitative estimate of drug-likeness (QED) is 0.506. The number of nitrogens with one attached hydrogen (secondary N) is 1. The monoisotopic (exact) mass is 448 g/mol. The minimum atomic E-state index is -0.222. The number of hydrogen-bond acceptors (Lipinski definition) is 4. The molecule has 0 saturated carbocycles. The lowest BCUT2D eigenvalue weighted by molar-refractivity contribution is 0.0751. The average Bonchev–Trinajstić information content (AvgIpc) is 3.52. The largest absolute Gasteiger partial charge is 0.381 e. The summed E-state index contributed by atoms with van der Waals surface area (Å²) in [6, 6.07) is 9.49. The number of aromatic amines is 1. The molecule has 0 aliphatic carbocycles. The molecule has 2 aliphatic rings. The summed E-state index contributed by atoms with van der Waals surface area (Å²) in [5.41, 5.74) is 5.35. The summed E-state index contributed by atoms with van der Waals surface area (Å²) < 4.78 is 7.46. The number of aryl methyl sites for hydroxylation is 1. The summed E-state index contributed by atoms with van der Waals surface area (Å²) in [6.07, 6.45) is 2.50. The maximum Gasteiger partial charge on any atom is 0.274 e. The molecule has 0 radical (unpaired) electrons. The lowest BCUT2D eigenvalue weighted by Gasteiger charge is -2.18. The van der Waals surface area contributed by atoms with Gasteiger partial charge >= 0.3 is 0 Å². The van der Waals surface area contributed by atoms with E-state index in [9.17, 15) is 9.59 Å². The number of imidazole rings is 1. The Balaban J connectivity index is 1.45. The number of halogens is 1. The van der Waals surface area contributed by atoms with Gasteiger partial charge in [-0.2, -0.15) is 0 Å². The molecule has 6 rings (SSSR count). The highest BCUT2D eigenvalue weighted by molar-refractivity contribution is 6.30. The third kappa shape index (κ3) is 2.96. The molecule has 1 atom stereocenters. The van der Waals surface area contributed by atoms with Crippen molar-refractivity contribution in [2.75, 3.05) is 13.2 Å². The molecule has 2 aromatic heterocycles. The number of nitrogens with zero attached hydrogens (tertiary/aromatic N) is 3. The molecule has 0 spiro atoms. The molecule has 0 bridgehead atoms.